The van der Waals surface area contributed by atoms with Gasteiger partial charge in [0.15, 0.2) is 0 Å². The van der Waals surface area contributed by atoms with Crippen molar-refractivity contribution in [2.75, 3.05) is 6.54 Å². The lowest BCUT2D eigenvalue weighted by Crippen LogP contribution is -2.43. The molecule has 0 radical (unpaired) electrons. The van der Waals surface area contributed by atoms with Gasteiger partial charge in [0.2, 0.25) is 5.91 Å². The highest BCUT2D eigenvalue weighted by atomic mass is 16.4. The van der Waals surface area contributed by atoms with E-state index in [1.807, 2.05) is 0 Å². The number of aliphatic carboxylic acids is 1. The molecule has 1 aliphatic heterocycles. The second kappa shape index (κ2) is 5.22. The predicted molar refractivity (Wildman–Crippen MR) is 67.6 cm³/mol. The molecule has 19 heavy (non-hydrogen) atoms. The Kier molecular flexibility index (Phi) is 3.64. The van der Waals surface area contributed by atoms with Crippen molar-refractivity contribution >= 4 is 17.8 Å². The fourth-order valence-corrected chi connectivity index (χ4v) is 2.07. The van der Waals surface area contributed by atoms with E-state index in [1.165, 1.54) is 0 Å². The largest absolute Gasteiger partial charge is 0.481 e. The average molecular weight is 261 g/mol. The van der Waals surface area contributed by atoms with E-state index in [9.17, 15) is 14.4 Å². The van der Waals surface area contributed by atoms with Crippen LogP contribution in [0.5, 0.6) is 0 Å². The number of benzene rings is 1. The van der Waals surface area contributed by atoms with Gasteiger partial charge >= 0.3 is 5.97 Å². The Morgan fingerprint density at radius 3 is 2.74 bits per heavy atom. The minimum absolute atomic E-state index is 0.152. The van der Waals surface area contributed by atoms with Gasteiger partial charge in [-0.15, -0.1) is 0 Å². The second-order valence-corrected chi connectivity index (χ2v) is 4.71. The number of hydrogen-bond acceptors (Lipinski definition) is 3. The zero-order valence-corrected chi connectivity index (χ0v) is 10.6. The normalized spacial score (nSPS) is 16.2. The summed E-state index contributed by atoms with van der Waals surface area (Å²) in [6, 6.07) is 7.01. The maximum atomic E-state index is 12.2. The number of amides is 2. The second-order valence-electron chi connectivity index (χ2n) is 4.71. The number of carbonyl (C=O) groups excluding carboxylic acids is 2. The molecule has 1 atom stereocenters. The van der Waals surface area contributed by atoms with E-state index < -0.39 is 11.9 Å². The van der Waals surface area contributed by atoms with Gasteiger partial charge in [0.1, 0.15) is 0 Å². The van der Waals surface area contributed by atoms with Crippen molar-refractivity contribution in [1.29, 1.82) is 0 Å². The van der Waals surface area contributed by atoms with Gasteiger partial charge in [-0.25, -0.2) is 0 Å². The summed E-state index contributed by atoms with van der Waals surface area (Å²) in [7, 11) is 0. The molecule has 100 valence electrons. The first-order valence-corrected chi connectivity index (χ1v) is 6.16. The van der Waals surface area contributed by atoms with E-state index in [1.54, 1.807) is 31.2 Å². The van der Waals surface area contributed by atoms with E-state index >= 15 is 0 Å². The molecule has 5 nitrogen and oxygen atoms in total. The summed E-state index contributed by atoms with van der Waals surface area (Å²) >= 11 is 0. The summed E-state index contributed by atoms with van der Waals surface area (Å²) in [5.41, 5.74) is 1.27. The van der Waals surface area contributed by atoms with Gasteiger partial charge < -0.3 is 5.11 Å². The standard InChI is InChI=1S/C14H15NO4/c1-9(14(18)19)6-7-15-12(16)8-10-4-2-3-5-11(10)13(15)17/h2-5,9H,6-8H2,1H3,(H,18,19). The third kappa shape index (κ3) is 2.65. The maximum absolute atomic E-state index is 12.2. The molecule has 1 unspecified atom stereocenters. The number of carboxylic acid groups (broad SMARTS) is 1. The fourth-order valence-electron chi connectivity index (χ4n) is 2.07. The van der Waals surface area contributed by atoms with E-state index in [0.29, 0.717) is 5.56 Å². The number of imide groups is 1. The minimum atomic E-state index is -0.919. The number of nitrogens with zero attached hydrogens (tertiary/aromatic N) is 1. The summed E-state index contributed by atoms with van der Waals surface area (Å²) in [5, 5.41) is 8.81. The molecule has 0 bridgehead atoms. The number of hydrogen-bond donors (Lipinski definition) is 1. The van der Waals surface area contributed by atoms with Gasteiger partial charge in [-0.2, -0.15) is 0 Å². The van der Waals surface area contributed by atoms with Crippen LogP contribution in [0.1, 0.15) is 29.3 Å². The number of carboxylic acids is 1. The summed E-state index contributed by atoms with van der Waals surface area (Å²) in [6.07, 6.45) is 0.471. The minimum Gasteiger partial charge on any atom is -0.481 e. The Balaban J connectivity index is 2.13. The first kappa shape index (κ1) is 13.3. The highest BCUT2D eigenvalue weighted by Crippen LogP contribution is 2.20. The number of fused-ring (bicyclic) bond motifs is 1. The van der Waals surface area contributed by atoms with Crippen LogP contribution in [0.25, 0.3) is 0 Å². The van der Waals surface area contributed by atoms with Crippen molar-refractivity contribution in [3.8, 4) is 0 Å². The lowest BCUT2D eigenvalue weighted by atomic mass is 9.98. The molecule has 5 heteroatoms. The van der Waals surface area contributed by atoms with Gasteiger partial charge in [0.25, 0.3) is 5.91 Å². The molecule has 1 aromatic rings. The zero-order chi connectivity index (χ0) is 14.0. The van der Waals surface area contributed by atoms with Crippen LogP contribution < -0.4 is 0 Å². The van der Waals surface area contributed by atoms with Crippen LogP contribution in [-0.2, 0) is 16.0 Å². The highest BCUT2D eigenvalue weighted by molar-refractivity contribution is 6.09. The molecule has 2 amide bonds. The average Bonchev–Trinajstić information content (AvgIpc) is 2.38. The lowest BCUT2D eigenvalue weighted by Gasteiger charge is -2.27. The Morgan fingerprint density at radius 2 is 2.05 bits per heavy atom. The highest BCUT2D eigenvalue weighted by Gasteiger charge is 2.30. The van der Waals surface area contributed by atoms with Crippen molar-refractivity contribution in [3.05, 3.63) is 35.4 Å². The first-order chi connectivity index (χ1) is 9.00. The Labute approximate surface area is 110 Å². The third-order valence-electron chi connectivity index (χ3n) is 3.34. The van der Waals surface area contributed by atoms with E-state index in [4.69, 9.17) is 5.11 Å². The molecule has 1 aliphatic rings. The van der Waals surface area contributed by atoms with E-state index in [-0.39, 0.29) is 31.2 Å². The van der Waals surface area contributed by atoms with E-state index in [0.717, 1.165) is 10.5 Å². The van der Waals surface area contributed by atoms with Gasteiger partial charge in [-0.05, 0) is 18.1 Å². The monoisotopic (exact) mass is 261 g/mol. The molecule has 1 N–H and O–H groups in total. The third-order valence-corrected chi connectivity index (χ3v) is 3.34. The van der Waals surface area contributed by atoms with Crippen LogP contribution in [0, 0.1) is 5.92 Å². The van der Waals surface area contributed by atoms with Crippen molar-refractivity contribution in [2.24, 2.45) is 5.92 Å². The topological polar surface area (TPSA) is 74.7 Å². The molecule has 1 heterocycles. The smallest absolute Gasteiger partial charge is 0.306 e. The van der Waals surface area contributed by atoms with Crippen LogP contribution >= 0.6 is 0 Å². The molecule has 0 aromatic heterocycles. The lowest BCUT2D eigenvalue weighted by molar-refractivity contribution is -0.142. The van der Waals surface area contributed by atoms with E-state index in [2.05, 4.69) is 0 Å². The summed E-state index contributed by atoms with van der Waals surface area (Å²) in [5.74, 6) is -2.08. The molecular weight excluding hydrogens is 246 g/mol. The molecule has 0 aliphatic carbocycles. The molecule has 1 aromatic carbocycles. The van der Waals surface area contributed by atoms with Crippen LogP contribution in [0.4, 0.5) is 0 Å². The van der Waals surface area contributed by atoms with Gasteiger partial charge in [0, 0.05) is 12.1 Å². The Hall–Kier alpha value is -2.17. The van der Waals surface area contributed by atoms with Crippen LogP contribution in [0.2, 0.25) is 0 Å². The van der Waals surface area contributed by atoms with Crippen molar-refractivity contribution in [3.63, 3.8) is 0 Å². The molecule has 0 saturated carbocycles. The van der Waals surface area contributed by atoms with Gasteiger partial charge in [-0.1, -0.05) is 25.1 Å². The van der Waals surface area contributed by atoms with Gasteiger partial charge in [-0.3, -0.25) is 19.3 Å². The molecular formula is C14H15NO4. The summed E-state index contributed by atoms with van der Waals surface area (Å²) in [4.78, 5) is 36.0. The quantitative estimate of drug-likeness (QED) is 0.829. The number of carbonyl (C=O) groups is 3. The molecule has 0 fully saturated rings. The van der Waals surface area contributed by atoms with Crippen molar-refractivity contribution in [2.45, 2.75) is 19.8 Å². The Bertz CT molecular complexity index is 538. The maximum Gasteiger partial charge on any atom is 0.306 e. The van der Waals surface area contributed by atoms with Crippen molar-refractivity contribution in [1.82, 2.24) is 4.90 Å². The molecule has 0 saturated heterocycles. The number of rotatable bonds is 4. The SMILES string of the molecule is CC(CCN1C(=O)Cc2ccccc2C1=O)C(=O)O. The summed E-state index contributed by atoms with van der Waals surface area (Å²) in [6.45, 7) is 1.72. The predicted octanol–water partition coefficient (Wildman–Crippen LogP) is 1.32. The van der Waals surface area contributed by atoms with Gasteiger partial charge in [0.05, 0.1) is 12.3 Å². The van der Waals surface area contributed by atoms with Crippen LogP contribution in [-0.4, -0.2) is 34.3 Å². The zero-order valence-electron chi connectivity index (χ0n) is 10.6. The van der Waals surface area contributed by atoms with Crippen LogP contribution in [0.15, 0.2) is 24.3 Å². The summed E-state index contributed by atoms with van der Waals surface area (Å²) < 4.78 is 0. The fraction of sp³-hybridized carbons (Fsp3) is 0.357. The Morgan fingerprint density at radius 1 is 1.37 bits per heavy atom. The van der Waals surface area contributed by atoms with Crippen molar-refractivity contribution < 1.29 is 19.5 Å². The molecule has 2 rings (SSSR count). The first-order valence-electron chi connectivity index (χ1n) is 6.16. The molecule has 0 spiro atoms. The van der Waals surface area contributed by atoms with Crippen LogP contribution in [0.3, 0.4) is 0 Å².